The van der Waals surface area contributed by atoms with Crippen LogP contribution in [-0.4, -0.2) is 41.1 Å². The third-order valence-electron chi connectivity index (χ3n) is 5.39. The number of para-hydroxylation sites is 1. The third-order valence-corrected chi connectivity index (χ3v) is 7.18. The zero-order chi connectivity index (χ0) is 22.7. The van der Waals surface area contributed by atoms with E-state index in [1.54, 1.807) is 43.5 Å². The molecule has 4 rings (SSSR count). The first-order chi connectivity index (χ1) is 15.4. The number of ether oxygens (including phenoxy) is 2. The summed E-state index contributed by atoms with van der Waals surface area (Å²) in [5.74, 6) is 1.11. The number of hydrogen-bond donors (Lipinski definition) is 1. The summed E-state index contributed by atoms with van der Waals surface area (Å²) >= 11 is 0. The van der Waals surface area contributed by atoms with Crippen molar-refractivity contribution in [2.45, 2.75) is 17.4 Å². The van der Waals surface area contributed by atoms with Crippen LogP contribution in [0.4, 0.5) is 5.69 Å². The van der Waals surface area contributed by atoms with Crippen molar-refractivity contribution in [2.24, 2.45) is 0 Å². The zero-order valence-corrected chi connectivity index (χ0v) is 18.6. The maximum atomic E-state index is 13.1. The molecule has 0 aromatic heterocycles. The second kappa shape index (κ2) is 8.92. The Morgan fingerprint density at radius 2 is 1.84 bits per heavy atom. The van der Waals surface area contributed by atoms with Gasteiger partial charge in [-0.15, -0.1) is 0 Å². The van der Waals surface area contributed by atoms with E-state index >= 15 is 0 Å². The molecule has 1 atom stereocenters. The molecular weight excluding hydrogens is 428 g/mol. The lowest BCUT2D eigenvalue weighted by molar-refractivity contribution is 0.0933. The van der Waals surface area contributed by atoms with Gasteiger partial charge in [-0.3, -0.25) is 9.10 Å². The second-order valence-corrected chi connectivity index (χ2v) is 9.43. The average Bonchev–Trinajstić information content (AvgIpc) is 3.25. The highest BCUT2D eigenvalue weighted by Crippen LogP contribution is 2.28. The van der Waals surface area contributed by atoms with E-state index in [1.165, 1.54) is 23.5 Å². The van der Waals surface area contributed by atoms with Gasteiger partial charge < -0.3 is 14.8 Å². The SMILES string of the molecule is COc1ccc(N(C)S(=O)(=O)c2cccc(C(=O)NCC3Cc4ccccc4O3)c2)cc1. The summed E-state index contributed by atoms with van der Waals surface area (Å²) < 4.78 is 38.3. The van der Waals surface area contributed by atoms with Crippen molar-refractivity contribution in [3.05, 3.63) is 83.9 Å². The van der Waals surface area contributed by atoms with Crippen molar-refractivity contribution in [1.82, 2.24) is 5.32 Å². The number of nitrogens with one attached hydrogen (secondary N) is 1. The lowest BCUT2D eigenvalue weighted by Crippen LogP contribution is -2.34. The fourth-order valence-corrected chi connectivity index (χ4v) is 4.81. The Morgan fingerprint density at radius 1 is 1.09 bits per heavy atom. The molecule has 32 heavy (non-hydrogen) atoms. The highest BCUT2D eigenvalue weighted by molar-refractivity contribution is 7.92. The lowest BCUT2D eigenvalue weighted by Gasteiger charge is -2.20. The summed E-state index contributed by atoms with van der Waals surface area (Å²) in [5.41, 5.74) is 1.87. The Bertz CT molecular complexity index is 1200. The second-order valence-electron chi connectivity index (χ2n) is 7.46. The fourth-order valence-electron chi connectivity index (χ4n) is 3.56. The van der Waals surface area contributed by atoms with Crippen LogP contribution in [0.2, 0.25) is 0 Å². The van der Waals surface area contributed by atoms with E-state index in [9.17, 15) is 13.2 Å². The topological polar surface area (TPSA) is 84.9 Å². The van der Waals surface area contributed by atoms with E-state index in [1.807, 2.05) is 24.3 Å². The lowest BCUT2D eigenvalue weighted by atomic mass is 10.1. The molecule has 1 aliphatic heterocycles. The molecule has 1 unspecified atom stereocenters. The number of nitrogens with zero attached hydrogens (tertiary/aromatic N) is 1. The molecule has 0 bridgehead atoms. The van der Waals surface area contributed by atoms with Crippen molar-refractivity contribution in [2.75, 3.05) is 25.0 Å². The quantitative estimate of drug-likeness (QED) is 0.595. The molecule has 1 heterocycles. The van der Waals surface area contributed by atoms with Crippen LogP contribution < -0.4 is 19.1 Å². The van der Waals surface area contributed by atoms with Crippen molar-refractivity contribution in [1.29, 1.82) is 0 Å². The largest absolute Gasteiger partial charge is 0.497 e. The monoisotopic (exact) mass is 452 g/mol. The first-order valence-electron chi connectivity index (χ1n) is 10.1. The molecule has 3 aromatic rings. The molecule has 0 radical (unpaired) electrons. The molecule has 0 saturated carbocycles. The van der Waals surface area contributed by atoms with Crippen LogP contribution >= 0.6 is 0 Å². The predicted octanol–water partition coefficient (Wildman–Crippen LogP) is 3.25. The molecule has 1 aliphatic rings. The number of amides is 1. The Morgan fingerprint density at radius 3 is 2.56 bits per heavy atom. The summed E-state index contributed by atoms with van der Waals surface area (Å²) in [6.45, 7) is 0.330. The van der Waals surface area contributed by atoms with Crippen LogP contribution in [0.15, 0.2) is 77.7 Å². The standard InChI is InChI=1S/C24H24N2O5S/c1-26(19-10-12-20(30-2)13-11-19)32(28,29)22-8-5-7-18(15-22)24(27)25-16-21-14-17-6-3-4-9-23(17)31-21/h3-13,15,21H,14,16H2,1-2H3,(H,25,27). The fraction of sp³-hybridized carbons (Fsp3) is 0.208. The van der Waals surface area contributed by atoms with Gasteiger partial charge in [-0.05, 0) is 54.1 Å². The van der Waals surface area contributed by atoms with Gasteiger partial charge >= 0.3 is 0 Å². The number of rotatable bonds is 7. The van der Waals surface area contributed by atoms with Crippen LogP contribution in [0.25, 0.3) is 0 Å². The van der Waals surface area contributed by atoms with Crippen LogP contribution in [0.3, 0.4) is 0 Å². The molecule has 0 spiro atoms. The Hall–Kier alpha value is -3.52. The zero-order valence-electron chi connectivity index (χ0n) is 17.8. The number of anilines is 1. The van der Waals surface area contributed by atoms with Crippen molar-refractivity contribution in [3.63, 3.8) is 0 Å². The highest BCUT2D eigenvalue weighted by atomic mass is 32.2. The van der Waals surface area contributed by atoms with E-state index in [2.05, 4.69) is 5.32 Å². The molecule has 8 heteroatoms. The summed E-state index contributed by atoms with van der Waals surface area (Å²) in [5, 5.41) is 2.84. The predicted molar refractivity (Wildman–Crippen MR) is 122 cm³/mol. The number of methoxy groups -OCH3 is 1. The molecule has 3 aromatic carbocycles. The number of benzene rings is 3. The number of fused-ring (bicyclic) bond motifs is 1. The van der Waals surface area contributed by atoms with E-state index in [0.29, 0.717) is 18.0 Å². The molecule has 1 N–H and O–H groups in total. The van der Waals surface area contributed by atoms with Crippen molar-refractivity contribution < 1.29 is 22.7 Å². The van der Waals surface area contributed by atoms with Gasteiger partial charge in [-0.2, -0.15) is 0 Å². The Balaban J connectivity index is 1.44. The minimum absolute atomic E-state index is 0.0352. The van der Waals surface area contributed by atoms with Gasteiger partial charge in [-0.1, -0.05) is 24.3 Å². The Labute approximate surface area is 187 Å². The molecule has 0 aliphatic carbocycles. The van der Waals surface area contributed by atoms with Crippen LogP contribution in [0.1, 0.15) is 15.9 Å². The summed E-state index contributed by atoms with van der Waals surface area (Å²) in [7, 11) is -0.830. The Kier molecular flexibility index (Phi) is 6.05. The maximum absolute atomic E-state index is 13.1. The summed E-state index contributed by atoms with van der Waals surface area (Å²) in [6.07, 6.45) is 0.571. The molecule has 166 valence electrons. The van der Waals surface area contributed by atoms with Gasteiger partial charge in [0.25, 0.3) is 15.9 Å². The highest BCUT2D eigenvalue weighted by Gasteiger charge is 2.25. The van der Waals surface area contributed by atoms with E-state index in [4.69, 9.17) is 9.47 Å². The summed E-state index contributed by atoms with van der Waals surface area (Å²) in [6, 6.07) is 20.5. The van der Waals surface area contributed by atoms with Gasteiger partial charge in [0.15, 0.2) is 0 Å². The molecule has 7 nitrogen and oxygen atoms in total. The van der Waals surface area contributed by atoms with Crippen LogP contribution in [0, 0.1) is 0 Å². The molecule has 1 amide bonds. The normalized spacial score (nSPS) is 14.9. The van der Waals surface area contributed by atoms with E-state index in [0.717, 1.165) is 17.7 Å². The smallest absolute Gasteiger partial charge is 0.264 e. The number of carbonyl (C=O) groups excluding carboxylic acids is 1. The number of hydrogen-bond acceptors (Lipinski definition) is 5. The van der Waals surface area contributed by atoms with Gasteiger partial charge in [0, 0.05) is 19.0 Å². The van der Waals surface area contributed by atoms with Gasteiger partial charge in [0.2, 0.25) is 0 Å². The van der Waals surface area contributed by atoms with Crippen molar-refractivity contribution in [3.8, 4) is 11.5 Å². The van der Waals surface area contributed by atoms with Crippen molar-refractivity contribution >= 4 is 21.6 Å². The van der Waals surface area contributed by atoms with Gasteiger partial charge in [0.05, 0.1) is 24.2 Å². The molecular formula is C24H24N2O5S. The maximum Gasteiger partial charge on any atom is 0.264 e. The summed E-state index contributed by atoms with van der Waals surface area (Å²) in [4.78, 5) is 12.7. The number of sulfonamides is 1. The van der Waals surface area contributed by atoms with Gasteiger partial charge in [-0.25, -0.2) is 8.42 Å². The van der Waals surface area contributed by atoms with Crippen LogP contribution in [-0.2, 0) is 16.4 Å². The first-order valence-corrected chi connectivity index (χ1v) is 11.6. The molecule has 0 saturated heterocycles. The van der Waals surface area contributed by atoms with E-state index < -0.39 is 10.0 Å². The van der Waals surface area contributed by atoms with E-state index in [-0.39, 0.29) is 22.5 Å². The number of carbonyl (C=O) groups is 1. The van der Waals surface area contributed by atoms with Gasteiger partial charge in [0.1, 0.15) is 17.6 Å². The third kappa shape index (κ3) is 4.40. The average molecular weight is 453 g/mol. The minimum Gasteiger partial charge on any atom is -0.497 e. The first kappa shape index (κ1) is 21.7. The minimum atomic E-state index is -3.85. The van der Waals surface area contributed by atoms with Crippen LogP contribution in [0.5, 0.6) is 11.5 Å². The molecule has 0 fully saturated rings.